The quantitative estimate of drug-likeness (QED) is 0.829. The summed E-state index contributed by atoms with van der Waals surface area (Å²) in [6.45, 7) is 5.35. The number of aliphatic hydroxyl groups excluding tert-OH is 1. The van der Waals surface area contributed by atoms with Gasteiger partial charge >= 0.3 is 6.09 Å². The molecule has 0 aliphatic heterocycles. The van der Waals surface area contributed by atoms with Gasteiger partial charge in [-0.15, -0.1) is 0 Å². The van der Waals surface area contributed by atoms with E-state index in [9.17, 15) is 9.90 Å². The molecule has 0 saturated carbocycles. The molecule has 0 aliphatic carbocycles. The van der Waals surface area contributed by atoms with Crippen LogP contribution in [0.5, 0.6) is 0 Å². The number of benzene rings is 1. The summed E-state index contributed by atoms with van der Waals surface area (Å²) in [6.07, 6.45) is -0.00743. The Hall–Kier alpha value is -2.84. The highest BCUT2D eigenvalue weighted by Gasteiger charge is 2.18. The number of carbonyl (C=O) groups is 1. The van der Waals surface area contributed by atoms with Crippen LogP contribution in [-0.2, 0) is 4.74 Å². The Balaban J connectivity index is 2.16. The summed E-state index contributed by atoms with van der Waals surface area (Å²) in [4.78, 5) is 16.0. The van der Waals surface area contributed by atoms with Crippen LogP contribution in [0.15, 0.2) is 48.7 Å². The number of hydrogen-bond donors (Lipinski definition) is 2. The molecule has 2 aromatic rings. The number of nitrogens with one attached hydrogen (secondary N) is 1. The Bertz CT molecular complexity index is 755. The van der Waals surface area contributed by atoms with E-state index in [4.69, 9.17) is 4.74 Å². The summed E-state index contributed by atoms with van der Waals surface area (Å²) in [7, 11) is 0. The van der Waals surface area contributed by atoms with Gasteiger partial charge < -0.3 is 9.84 Å². The molecule has 2 N–H and O–H groups in total. The number of rotatable bonds is 2. The zero-order valence-electron chi connectivity index (χ0n) is 13.9. The van der Waals surface area contributed by atoms with Gasteiger partial charge in [-0.3, -0.25) is 5.32 Å². The fourth-order valence-electron chi connectivity index (χ4n) is 1.92. The number of para-hydroxylation sites is 1. The summed E-state index contributed by atoms with van der Waals surface area (Å²) < 4.78 is 5.23. The van der Waals surface area contributed by atoms with Crippen molar-refractivity contribution in [1.82, 2.24) is 4.98 Å². The molecule has 0 bridgehead atoms. The first-order valence-corrected chi connectivity index (χ1v) is 7.55. The fraction of sp³-hybridized carbons (Fsp3) is 0.263. The lowest BCUT2D eigenvalue weighted by Gasteiger charge is -2.20. The molecule has 5 heteroatoms. The van der Waals surface area contributed by atoms with Gasteiger partial charge in [-0.1, -0.05) is 30.2 Å². The Morgan fingerprint density at radius 1 is 1.21 bits per heavy atom. The van der Waals surface area contributed by atoms with Gasteiger partial charge in [0, 0.05) is 11.8 Å². The van der Waals surface area contributed by atoms with E-state index in [1.54, 1.807) is 63.4 Å². The van der Waals surface area contributed by atoms with Gasteiger partial charge in [0.05, 0.1) is 5.69 Å². The number of nitrogens with zero attached hydrogens (tertiary/aromatic N) is 1. The predicted octanol–water partition coefficient (Wildman–Crippen LogP) is 3.51. The Kier molecular flexibility index (Phi) is 5.56. The summed E-state index contributed by atoms with van der Waals surface area (Å²) in [5, 5.41) is 13.0. The zero-order valence-corrected chi connectivity index (χ0v) is 13.9. The van der Waals surface area contributed by atoms with Crippen LogP contribution in [0.2, 0.25) is 0 Å². The minimum Gasteiger partial charge on any atom is -0.444 e. The number of ether oxygens (including phenoxy) is 1. The third-order valence-electron chi connectivity index (χ3n) is 2.89. The van der Waals surface area contributed by atoms with Crippen molar-refractivity contribution >= 4 is 11.8 Å². The van der Waals surface area contributed by atoms with Crippen LogP contribution in [0, 0.1) is 11.8 Å². The standard InChI is InChI=1S/C19H20N2O3/c1-19(2,3)24-18(23)21-16-10-5-4-9-15(16)17(22)12-11-14-8-6-7-13-20-14/h4-10,13,17,22H,1-3H3,(H,21,23). The molecular formula is C19H20N2O3. The maximum atomic E-state index is 11.9. The second kappa shape index (κ2) is 7.62. The number of amides is 1. The predicted molar refractivity (Wildman–Crippen MR) is 92.4 cm³/mol. The molecule has 1 aromatic heterocycles. The Morgan fingerprint density at radius 2 is 1.92 bits per heavy atom. The van der Waals surface area contributed by atoms with E-state index < -0.39 is 17.8 Å². The monoisotopic (exact) mass is 324 g/mol. The zero-order chi connectivity index (χ0) is 17.6. The lowest BCUT2D eigenvalue weighted by atomic mass is 10.1. The number of aromatic nitrogens is 1. The molecule has 1 amide bonds. The summed E-state index contributed by atoms with van der Waals surface area (Å²) in [5.41, 5.74) is 0.909. The molecule has 0 aliphatic rings. The number of carbonyl (C=O) groups excluding carboxylic acids is 1. The minimum atomic E-state index is -1.06. The van der Waals surface area contributed by atoms with Gasteiger partial charge in [0.25, 0.3) is 0 Å². The van der Waals surface area contributed by atoms with E-state index in [1.807, 2.05) is 6.07 Å². The van der Waals surface area contributed by atoms with Gasteiger partial charge in [-0.2, -0.15) is 0 Å². The molecule has 0 spiro atoms. The molecule has 1 atom stereocenters. The number of hydrogen-bond acceptors (Lipinski definition) is 4. The van der Waals surface area contributed by atoms with Gasteiger partial charge in [0.15, 0.2) is 0 Å². The van der Waals surface area contributed by atoms with Crippen molar-refractivity contribution in [1.29, 1.82) is 0 Å². The minimum absolute atomic E-state index is 0.453. The lowest BCUT2D eigenvalue weighted by molar-refractivity contribution is 0.0635. The third kappa shape index (κ3) is 5.41. The molecule has 0 fully saturated rings. The van der Waals surface area contributed by atoms with Crippen LogP contribution in [0.1, 0.15) is 38.1 Å². The molecule has 24 heavy (non-hydrogen) atoms. The highest BCUT2D eigenvalue weighted by molar-refractivity contribution is 5.86. The molecule has 1 aromatic carbocycles. The summed E-state index contributed by atoms with van der Waals surface area (Å²) in [5.74, 6) is 5.53. The highest BCUT2D eigenvalue weighted by Crippen LogP contribution is 2.23. The number of aliphatic hydroxyl groups is 1. The van der Waals surface area contributed by atoms with E-state index >= 15 is 0 Å². The van der Waals surface area contributed by atoms with E-state index in [-0.39, 0.29) is 0 Å². The maximum absolute atomic E-state index is 11.9. The second-order valence-electron chi connectivity index (χ2n) is 6.10. The highest BCUT2D eigenvalue weighted by atomic mass is 16.6. The normalized spacial score (nSPS) is 11.8. The van der Waals surface area contributed by atoms with Gasteiger partial charge in [-0.05, 0) is 44.9 Å². The SMILES string of the molecule is CC(C)(C)OC(=O)Nc1ccccc1C(O)C#Cc1ccccn1. The molecule has 1 heterocycles. The molecule has 5 nitrogen and oxygen atoms in total. The van der Waals surface area contributed by atoms with Crippen molar-refractivity contribution in [3.8, 4) is 11.8 Å². The number of pyridine rings is 1. The van der Waals surface area contributed by atoms with Crippen LogP contribution in [0.4, 0.5) is 10.5 Å². The van der Waals surface area contributed by atoms with Crippen molar-refractivity contribution in [3.63, 3.8) is 0 Å². The van der Waals surface area contributed by atoms with Crippen molar-refractivity contribution in [3.05, 3.63) is 59.9 Å². The summed E-state index contributed by atoms with van der Waals surface area (Å²) in [6, 6.07) is 12.3. The van der Waals surface area contributed by atoms with Crippen LogP contribution in [0.25, 0.3) is 0 Å². The smallest absolute Gasteiger partial charge is 0.412 e. The van der Waals surface area contributed by atoms with Crippen LogP contribution in [-0.4, -0.2) is 21.8 Å². The van der Waals surface area contributed by atoms with E-state index in [0.717, 1.165) is 0 Å². The van der Waals surface area contributed by atoms with Crippen LogP contribution in [0.3, 0.4) is 0 Å². The molecular weight excluding hydrogens is 304 g/mol. The van der Waals surface area contributed by atoms with Gasteiger partial charge in [-0.25, -0.2) is 9.78 Å². The maximum Gasteiger partial charge on any atom is 0.412 e. The van der Waals surface area contributed by atoms with E-state index in [2.05, 4.69) is 22.1 Å². The van der Waals surface area contributed by atoms with Crippen molar-refractivity contribution < 1.29 is 14.6 Å². The van der Waals surface area contributed by atoms with Gasteiger partial charge in [0.1, 0.15) is 17.4 Å². The molecule has 0 radical (unpaired) electrons. The average molecular weight is 324 g/mol. The van der Waals surface area contributed by atoms with Gasteiger partial charge in [0.2, 0.25) is 0 Å². The lowest BCUT2D eigenvalue weighted by Crippen LogP contribution is -2.27. The topological polar surface area (TPSA) is 71.5 Å². The van der Waals surface area contributed by atoms with Crippen molar-refractivity contribution in [2.45, 2.75) is 32.5 Å². The Morgan fingerprint density at radius 3 is 2.58 bits per heavy atom. The molecule has 0 saturated heterocycles. The molecule has 2 rings (SSSR count). The van der Waals surface area contributed by atoms with E-state index in [1.165, 1.54) is 0 Å². The molecule has 124 valence electrons. The number of anilines is 1. The summed E-state index contributed by atoms with van der Waals surface area (Å²) >= 11 is 0. The van der Waals surface area contributed by atoms with Crippen molar-refractivity contribution in [2.75, 3.05) is 5.32 Å². The average Bonchev–Trinajstić information content (AvgIpc) is 2.52. The Labute approximate surface area is 141 Å². The first kappa shape index (κ1) is 17.5. The fourth-order valence-corrected chi connectivity index (χ4v) is 1.92. The van der Waals surface area contributed by atoms with Crippen LogP contribution >= 0.6 is 0 Å². The third-order valence-corrected chi connectivity index (χ3v) is 2.89. The largest absolute Gasteiger partial charge is 0.444 e. The van der Waals surface area contributed by atoms with Crippen molar-refractivity contribution in [2.24, 2.45) is 0 Å². The first-order chi connectivity index (χ1) is 11.3. The van der Waals surface area contributed by atoms with Crippen LogP contribution < -0.4 is 5.32 Å². The first-order valence-electron chi connectivity index (χ1n) is 7.55. The van der Waals surface area contributed by atoms with E-state index in [0.29, 0.717) is 16.9 Å². The second-order valence-corrected chi connectivity index (χ2v) is 6.10. The molecule has 1 unspecified atom stereocenters.